The maximum Gasteiger partial charge on any atom is 0.226 e. The van der Waals surface area contributed by atoms with E-state index in [-0.39, 0.29) is 5.91 Å². The first-order valence-electron chi connectivity index (χ1n) is 6.17. The molecule has 0 aliphatic carbocycles. The van der Waals surface area contributed by atoms with E-state index in [0.29, 0.717) is 6.42 Å². The molecule has 0 spiro atoms. The van der Waals surface area contributed by atoms with Crippen molar-refractivity contribution in [1.82, 2.24) is 4.90 Å². The van der Waals surface area contributed by atoms with Crippen LogP contribution in [0.25, 0.3) is 0 Å². The van der Waals surface area contributed by atoms with Gasteiger partial charge < -0.3 is 4.90 Å². The highest BCUT2D eigenvalue weighted by molar-refractivity contribution is 9.10. The zero-order valence-corrected chi connectivity index (χ0v) is 11.7. The number of nitrogens with zero attached hydrogens (tertiary/aromatic N) is 1. The average molecular weight is 296 g/mol. The van der Waals surface area contributed by atoms with Crippen LogP contribution in [0.3, 0.4) is 0 Å². The number of carbonyl (C=O) groups excluding carboxylic acids is 1. The van der Waals surface area contributed by atoms with Crippen LogP contribution in [0, 0.1) is 5.92 Å². The molecule has 0 radical (unpaired) electrons. The summed E-state index contributed by atoms with van der Waals surface area (Å²) < 4.78 is 1.06. The van der Waals surface area contributed by atoms with Gasteiger partial charge in [0.25, 0.3) is 0 Å². The molecular weight excluding hydrogens is 278 g/mol. The molecule has 2 nitrogen and oxygen atoms in total. The summed E-state index contributed by atoms with van der Waals surface area (Å²) in [6, 6.07) is 7.99. The molecule has 1 aliphatic rings. The first-order valence-corrected chi connectivity index (χ1v) is 6.96. The van der Waals surface area contributed by atoms with Gasteiger partial charge in [0, 0.05) is 17.6 Å². The maximum absolute atomic E-state index is 12.1. The molecule has 0 atom stereocenters. The first kappa shape index (κ1) is 12.6. The van der Waals surface area contributed by atoms with E-state index in [1.54, 1.807) is 0 Å². The first-order chi connectivity index (χ1) is 8.15. The number of hydrogen-bond acceptors (Lipinski definition) is 1. The van der Waals surface area contributed by atoms with Gasteiger partial charge in [-0.2, -0.15) is 0 Å². The van der Waals surface area contributed by atoms with Gasteiger partial charge in [0.05, 0.1) is 6.42 Å². The zero-order chi connectivity index (χ0) is 12.3. The Kier molecular flexibility index (Phi) is 4.21. The van der Waals surface area contributed by atoms with E-state index in [9.17, 15) is 4.79 Å². The van der Waals surface area contributed by atoms with Crippen molar-refractivity contribution < 1.29 is 4.79 Å². The van der Waals surface area contributed by atoms with Gasteiger partial charge in [0.2, 0.25) is 5.91 Å². The summed E-state index contributed by atoms with van der Waals surface area (Å²) in [4.78, 5) is 14.1. The fourth-order valence-corrected chi connectivity index (χ4v) is 2.41. The maximum atomic E-state index is 12.1. The summed E-state index contributed by atoms with van der Waals surface area (Å²) in [5, 5.41) is 0. The summed E-state index contributed by atoms with van der Waals surface area (Å²) in [6.07, 6.45) is 2.82. The molecule has 1 saturated heterocycles. The van der Waals surface area contributed by atoms with E-state index >= 15 is 0 Å². The topological polar surface area (TPSA) is 20.3 Å². The van der Waals surface area contributed by atoms with E-state index in [1.807, 2.05) is 29.2 Å². The van der Waals surface area contributed by atoms with E-state index in [0.717, 1.165) is 41.9 Å². The van der Waals surface area contributed by atoms with E-state index in [4.69, 9.17) is 0 Å². The van der Waals surface area contributed by atoms with Crippen LogP contribution in [0.15, 0.2) is 28.7 Å². The largest absolute Gasteiger partial charge is 0.342 e. The molecule has 0 N–H and O–H groups in total. The Morgan fingerprint density at radius 1 is 1.29 bits per heavy atom. The number of benzene rings is 1. The fourth-order valence-electron chi connectivity index (χ4n) is 2.15. The molecule has 0 unspecified atom stereocenters. The Bertz CT molecular complexity index is 380. The lowest BCUT2D eigenvalue weighted by Crippen LogP contribution is -2.38. The molecule has 1 heterocycles. The summed E-state index contributed by atoms with van der Waals surface area (Å²) in [7, 11) is 0. The van der Waals surface area contributed by atoms with Crippen LogP contribution in [0.2, 0.25) is 0 Å². The summed E-state index contributed by atoms with van der Waals surface area (Å²) in [5.41, 5.74) is 1.09. The molecule has 17 heavy (non-hydrogen) atoms. The van der Waals surface area contributed by atoms with Crippen LogP contribution in [-0.2, 0) is 11.2 Å². The lowest BCUT2D eigenvalue weighted by atomic mass is 9.98. The summed E-state index contributed by atoms with van der Waals surface area (Å²) in [6.45, 7) is 4.11. The molecule has 0 aromatic heterocycles. The molecule has 1 amide bonds. The summed E-state index contributed by atoms with van der Waals surface area (Å²) >= 11 is 3.40. The smallest absolute Gasteiger partial charge is 0.226 e. The van der Waals surface area contributed by atoms with Gasteiger partial charge in [-0.05, 0) is 36.5 Å². The van der Waals surface area contributed by atoms with Crippen molar-refractivity contribution >= 4 is 21.8 Å². The third kappa shape index (κ3) is 3.56. The highest BCUT2D eigenvalue weighted by Crippen LogP contribution is 2.17. The van der Waals surface area contributed by atoms with Crippen molar-refractivity contribution in [3.63, 3.8) is 0 Å². The van der Waals surface area contributed by atoms with E-state index in [1.165, 1.54) is 0 Å². The highest BCUT2D eigenvalue weighted by Gasteiger charge is 2.19. The summed E-state index contributed by atoms with van der Waals surface area (Å²) in [5.74, 6) is 1.03. The van der Waals surface area contributed by atoms with E-state index in [2.05, 4.69) is 22.9 Å². The SMILES string of the molecule is CC1CCN(C(=O)Cc2ccc(Br)cc2)CC1. The second kappa shape index (κ2) is 5.67. The molecule has 1 fully saturated rings. The van der Waals surface area contributed by atoms with Gasteiger partial charge in [-0.1, -0.05) is 35.0 Å². The van der Waals surface area contributed by atoms with Crippen molar-refractivity contribution in [1.29, 1.82) is 0 Å². The molecule has 3 heteroatoms. The predicted octanol–water partition coefficient (Wildman–Crippen LogP) is 3.25. The number of rotatable bonds is 2. The Hall–Kier alpha value is -0.830. The van der Waals surface area contributed by atoms with Gasteiger partial charge in [0.1, 0.15) is 0 Å². The third-order valence-corrected chi connectivity index (χ3v) is 3.93. The minimum atomic E-state index is 0.263. The van der Waals surface area contributed by atoms with Crippen molar-refractivity contribution in [2.75, 3.05) is 13.1 Å². The molecule has 1 aliphatic heterocycles. The van der Waals surface area contributed by atoms with Crippen LogP contribution in [0.5, 0.6) is 0 Å². The van der Waals surface area contributed by atoms with Crippen LogP contribution in [0.4, 0.5) is 0 Å². The minimum absolute atomic E-state index is 0.263. The van der Waals surface area contributed by atoms with Crippen LogP contribution in [-0.4, -0.2) is 23.9 Å². The third-order valence-electron chi connectivity index (χ3n) is 3.40. The Balaban J connectivity index is 1.90. The van der Waals surface area contributed by atoms with Crippen molar-refractivity contribution in [3.8, 4) is 0 Å². The van der Waals surface area contributed by atoms with Gasteiger partial charge in [0.15, 0.2) is 0 Å². The zero-order valence-electron chi connectivity index (χ0n) is 10.2. The Morgan fingerprint density at radius 3 is 2.47 bits per heavy atom. The fraction of sp³-hybridized carbons (Fsp3) is 0.500. The average Bonchev–Trinajstić information content (AvgIpc) is 2.33. The molecule has 1 aromatic rings. The van der Waals surface area contributed by atoms with Crippen LogP contribution in [0.1, 0.15) is 25.3 Å². The quantitative estimate of drug-likeness (QED) is 0.820. The molecule has 1 aromatic carbocycles. The predicted molar refractivity (Wildman–Crippen MR) is 72.8 cm³/mol. The number of halogens is 1. The number of likely N-dealkylation sites (tertiary alicyclic amines) is 1. The number of carbonyl (C=O) groups is 1. The standard InChI is InChI=1S/C14H18BrNO/c1-11-6-8-16(9-7-11)14(17)10-12-2-4-13(15)5-3-12/h2-5,11H,6-10H2,1H3. The van der Waals surface area contributed by atoms with Gasteiger partial charge >= 0.3 is 0 Å². The number of piperidine rings is 1. The van der Waals surface area contributed by atoms with E-state index < -0.39 is 0 Å². The van der Waals surface area contributed by atoms with Crippen molar-refractivity contribution in [2.45, 2.75) is 26.2 Å². The van der Waals surface area contributed by atoms with Gasteiger partial charge in [-0.25, -0.2) is 0 Å². The van der Waals surface area contributed by atoms with Crippen molar-refractivity contribution in [3.05, 3.63) is 34.3 Å². The van der Waals surface area contributed by atoms with Crippen molar-refractivity contribution in [2.24, 2.45) is 5.92 Å². The Morgan fingerprint density at radius 2 is 1.88 bits per heavy atom. The van der Waals surface area contributed by atoms with Crippen LogP contribution < -0.4 is 0 Å². The molecule has 2 rings (SSSR count). The second-order valence-corrected chi connectivity index (χ2v) is 5.78. The molecule has 92 valence electrons. The van der Waals surface area contributed by atoms with Crippen LogP contribution >= 0.6 is 15.9 Å². The molecular formula is C14H18BrNO. The monoisotopic (exact) mass is 295 g/mol. The Labute approximate surface area is 111 Å². The van der Waals surface area contributed by atoms with Gasteiger partial charge in [-0.3, -0.25) is 4.79 Å². The number of amides is 1. The van der Waals surface area contributed by atoms with Gasteiger partial charge in [-0.15, -0.1) is 0 Å². The molecule has 0 bridgehead atoms. The molecule has 0 saturated carbocycles. The second-order valence-electron chi connectivity index (χ2n) is 4.87. The highest BCUT2D eigenvalue weighted by atomic mass is 79.9. The lowest BCUT2D eigenvalue weighted by molar-refractivity contribution is -0.131. The minimum Gasteiger partial charge on any atom is -0.342 e. The normalized spacial score (nSPS) is 17.2. The lowest BCUT2D eigenvalue weighted by Gasteiger charge is -2.30. The number of hydrogen-bond donors (Lipinski definition) is 0.